The number of nitrogens with zero attached hydrogens (tertiary/aromatic N) is 1. The summed E-state index contributed by atoms with van der Waals surface area (Å²) in [5, 5.41) is 0.870. The Hall–Kier alpha value is -0.0100. The lowest BCUT2D eigenvalue weighted by Gasteiger charge is -2.11. The van der Waals surface area contributed by atoms with E-state index >= 15 is 0 Å². The van der Waals surface area contributed by atoms with Crippen molar-refractivity contribution in [3.63, 3.8) is 0 Å². The first-order valence-electron chi connectivity index (χ1n) is 2.58. The molecule has 0 N–H and O–H groups in total. The van der Waals surface area contributed by atoms with Crippen LogP contribution in [0.4, 0.5) is 0 Å². The number of rotatable bonds is 1. The molecule has 0 aliphatic carbocycles. The lowest BCUT2D eigenvalue weighted by molar-refractivity contribution is -0.124. The van der Waals surface area contributed by atoms with Gasteiger partial charge in [-0.1, -0.05) is 18.3 Å². The zero-order valence-electron chi connectivity index (χ0n) is 4.96. The van der Waals surface area contributed by atoms with Crippen LogP contribution in [-0.2, 0) is 4.79 Å². The molecule has 0 aromatic rings. The molecule has 1 atom stereocenters. The summed E-state index contributed by atoms with van der Waals surface area (Å²) in [5.41, 5.74) is 0. The van der Waals surface area contributed by atoms with Gasteiger partial charge in [0.15, 0.2) is 0 Å². The van der Waals surface area contributed by atoms with Gasteiger partial charge in [0.25, 0.3) is 0 Å². The highest BCUT2D eigenvalue weighted by Gasteiger charge is 2.22. The fourth-order valence-electron chi connectivity index (χ4n) is 0.644. The third-order valence-corrected chi connectivity index (χ3v) is 2.46. The van der Waals surface area contributed by atoms with Gasteiger partial charge in [-0.05, 0) is 0 Å². The van der Waals surface area contributed by atoms with Crippen LogP contribution in [-0.4, -0.2) is 22.8 Å². The lowest BCUT2D eigenvalue weighted by atomic mass is 10.6. The predicted octanol–water partition coefficient (Wildman–Crippen LogP) is 0.866. The maximum Gasteiger partial charge on any atom is 0.238 e. The van der Waals surface area contributed by atoms with Crippen molar-refractivity contribution < 1.29 is 4.79 Å². The Kier molecular flexibility index (Phi) is 2.14. The first-order chi connectivity index (χ1) is 4.25. The van der Waals surface area contributed by atoms with Crippen LogP contribution in [0.25, 0.3) is 0 Å². The SMILES string of the molecule is C=C1SCC(=O)N1CP. The van der Waals surface area contributed by atoms with E-state index in [0.717, 1.165) is 5.03 Å². The Morgan fingerprint density at radius 2 is 2.56 bits per heavy atom. The summed E-state index contributed by atoms with van der Waals surface area (Å²) in [5.74, 6) is 0.729. The Bertz CT molecular complexity index is 143. The van der Waals surface area contributed by atoms with Crippen LogP contribution in [0.1, 0.15) is 0 Å². The van der Waals surface area contributed by atoms with E-state index in [1.165, 1.54) is 11.8 Å². The van der Waals surface area contributed by atoms with E-state index in [0.29, 0.717) is 12.0 Å². The fourth-order valence-corrected chi connectivity index (χ4v) is 1.98. The minimum atomic E-state index is 0.167. The summed E-state index contributed by atoms with van der Waals surface area (Å²) < 4.78 is 0. The van der Waals surface area contributed by atoms with Gasteiger partial charge in [0, 0.05) is 6.29 Å². The summed E-state index contributed by atoms with van der Waals surface area (Å²) in [4.78, 5) is 12.5. The van der Waals surface area contributed by atoms with Crippen molar-refractivity contribution in [1.29, 1.82) is 0 Å². The Morgan fingerprint density at radius 3 is 2.78 bits per heavy atom. The Labute approximate surface area is 60.9 Å². The number of hydrogen-bond acceptors (Lipinski definition) is 2. The quantitative estimate of drug-likeness (QED) is 0.532. The van der Waals surface area contributed by atoms with Gasteiger partial charge >= 0.3 is 0 Å². The molecular formula is C5H8NOPS. The maximum atomic E-state index is 10.8. The molecule has 2 nitrogen and oxygen atoms in total. The summed E-state index contributed by atoms with van der Waals surface area (Å²) in [6, 6.07) is 0. The molecular weight excluding hydrogens is 153 g/mol. The van der Waals surface area contributed by atoms with Crippen LogP contribution in [0, 0.1) is 0 Å². The van der Waals surface area contributed by atoms with Crippen molar-refractivity contribution in [3.8, 4) is 0 Å². The number of amides is 1. The lowest BCUT2D eigenvalue weighted by Crippen LogP contribution is -2.21. The van der Waals surface area contributed by atoms with E-state index in [1.807, 2.05) is 0 Å². The van der Waals surface area contributed by atoms with Crippen molar-refractivity contribution in [2.45, 2.75) is 0 Å². The highest BCUT2D eigenvalue weighted by atomic mass is 32.2. The van der Waals surface area contributed by atoms with Crippen molar-refractivity contribution in [3.05, 3.63) is 11.6 Å². The number of thioether (sulfide) groups is 1. The van der Waals surface area contributed by atoms with Gasteiger partial charge in [0.1, 0.15) is 0 Å². The Balaban J connectivity index is 2.66. The molecule has 1 saturated heterocycles. The molecule has 0 spiro atoms. The zero-order chi connectivity index (χ0) is 6.85. The van der Waals surface area contributed by atoms with Gasteiger partial charge < -0.3 is 4.90 Å². The molecule has 1 unspecified atom stereocenters. The van der Waals surface area contributed by atoms with E-state index in [2.05, 4.69) is 15.8 Å². The largest absolute Gasteiger partial charge is 0.303 e. The highest BCUT2D eigenvalue weighted by Crippen LogP contribution is 2.26. The van der Waals surface area contributed by atoms with Crippen molar-refractivity contribution in [2.75, 3.05) is 12.0 Å². The van der Waals surface area contributed by atoms with Crippen LogP contribution in [0.5, 0.6) is 0 Å². The predicted molar refractivity (Wildman–Crippen MR) is 43.0 cm³/mol. The molecule has 0 aromatic carbocycles. The average molecular weight is 161 g/mol. The van der Waals surface area contributed by atoms with Crippen molar-refractivity contribution in [2.24, 2.45) is 0 Å². The number of carbonyl (C=O) groups is 1. The van der Waals surface area contributed by atoms with Crippen molar-refractivity contribution in [1.82, 2.24) is 4.90 Å². The second-order valence-corrected chi connectivity index (χ2v) is 3.10. The van der Waals surface area contributed by atoms with Crippen LogP contribution >= 0.6 is 21.0 Å². The van der Waals surface area contributed by atoms with Gasteiger partial charge in [-0.3, -0.25) is 4.79 Å². The molecule has 0 saturated carbocycles. The van der Waals surface area contributed by atoms with Gasteiger partial charge in [0.2, 0.25) is 5.91 Å². The standard InChI is InChI=1S/C5H8NOPS/c1-4-6(3-8)5(7)2-9-4/h1-3,8H2. The molecule has 0 bridgehead atoms. The molecule has 1 heterocycles. The summed E-state index contributed by atoms with van der Waals surface area (Å²) in [6.07, 6.45) is 0.671. The summed E-state index contributed by atoms with van der Waals surface area (Å²) >= 11 is 1.51. The second kappa shape index (κ2) is 2.72. The van der Waals surface area contributed by atoms with Gasteiger partial charge in [-0.2, -0.15) is 0 Å². The van der Waals surface area contributed by atoms with Crippen LogP contribution in [0.15, 0.2) is 11.6 Å². The monoisotopic (exact) mass is 161 g/mol. The first kappa shape index (κ1) is 7.10. The summed E-state index contributed by atoms with van der Waals surface area (Å²) in [7, 11) is 2.50. The van der Waals surface area contributed by atoms with Gasteiger partial charge in [-0.15, -0.1) is 9.24 Å². The molecule has 1 aliphatic heterocycles. The molecule has 1 amide bonds. The average Bonchev–Trinajstić information content (AvgIpc) is 2.12. The first-order valence-corrected chi connectivity index (χ1v) is 4.38. The minimum Gasteiger partial charge on any atom is -0.303 e. The van der Waals surface area contributed by atoms with Crippen LogP contribution in [0.2, 0.25) is 0 Å². The highest BCUT2D eigenvalue weighted by molar-refractivity contribution is 8.04. The normalized spacial score (nSPS) is 19.4. The fraction of sp³-hybridized carbons (Fsp3) is 0.400. The van der Waals surface area contributed by atoms with Crippen LogP contribution in [0.3, 0.4) is 0 Å². The maximum absolute atomic E-state index is 10.8. The van der Waals surface area contributed by atoms with E-state index < -0.39 is 0 Å². The summed E-state index contributed by atoms with van der Waals surface area (Å²) in [6.45, 7) is 3.71. The van der Waals surface area contributed by atoms with Crippen molar-refractivity contribution >= 4 is 26.9 Å². The number of hydrogen-bond donors (Lipinski definition) is 0. The van der Waals surface area contributed by atoms with Crippen LogP contribution < -0.4 is 0 Å². The molecule has 0 aromatic heterocycles. The topological polar surface area (TPSA) is 20.3 Å². The molecule has 50 valence electrons. The smallest absolute Gasteiger partial charge is 0.238 e. The Morgan fingerprint density at radius 1 is 1.89 bits per heavy atom. The molecule has 1 rings (SSSR count). The molecule has 4 heteroatoms. The van der Waals surface area contributed by atoms with E-state index in [-0.39, 0.29) is 5.91 Å². The molecule has 1 aliphatic rings. The molecule has 1 fully saturated rings. The van der Waals surface area contributed by atoms with E-state index in [9.17, 15) is 4.79 Å². The number of carbonyl (C=O) groups excluding carboxylic acids is 1. The van der Waals surface area contributed by atoms with Gasteiger partial charge in [0.05, 0.1) is 10.8 Å². The second-order valence-electron chi connectivity index (χ2n) is 1.69. The van der Waals surface area contributed by atoms with Gasteiger partial charge in [-0.25, -0.2) is 0 Å². The third kappa shape index (κ3) is 1.28. The molecule has 9 heavy (non-hydrogen) atoms. The third-order valence-electron chi connectivity index (χ3n) is 1.15. The van der Waals surface area contributed by atoms with E-state index in [1.54, 1.807) is 4.90 Å². The minimum absolute atomic E-state index is 0.167. The van der Waals surface area contributed by atoms with E-state index in [4.69, 9.17) is 0 Å². The zero-order valence-corrected chi connectivity index (χ0v) is 6.93. The molecule has 0 radical (unpaired) electrons.